The predicted molar refractivity (Wildman–Crippen MR) is 56.9 cm³/mol. The molecule has 0 radical (unpaired) electrons. The molecule has 1 atom stereocenters. The van der Waals surface area contributed by atoms with Crippen LogP contribution in [-0.2, 0) is 9.53 Å². The van der Waals surface area contributed by atoms with Gasteiger partial charge in [0.2, 0.25) is 5.91 Å². The van der Waals surface area contributed by atoms with Crippen LogP contribution in [0.2, 0.25) is 0 Å². The van der Waals surface area contributed by atoms with Crippen LogP contribution in [0, 0.1) is 11.3 Å². The van der Waals surface area contributed by atoms with Crippen LogP contribution >= 0.6 is 0 Å². The average Bonchev–Trinajstić information content (AvgIpc) is 2.24. The third-order valence-electron chi connectivity index (χ3n) is 1.96. The standard InChI is InChI=1S/C10H19N3O2/c1-15-8-4-5-9(12)10(14)13-7-3-2-6-11/h9H,2-5,7-8,12H2,1H3,(H,13,14). The minimum atomic E-state index is -0.470. The fourth-order valence-corrected chi connectivity index (χ4v) is 1.09. The van der Waals surface area contributed by atoms with Gasteiger partial charge in [0.25, 0.3) is 0 Å². The molecule has 0 saturated carbocycles. The summed E-state index contributed by atoms with van der Waals surface area (Å²) >= 11 is 0. The quantitative estimate of drug-likeness (QED) is 0.562. The van der Waals surface area contributed by atoms with E-state index in [2.05, 4.69) is 5.32 Å². The van der Waals surface area contributed by atoms with Gasteiger partial charge >= 0.3 is 0 Å². The Bertz CT molecular complexity index is 213. The lowest BCUT2D eigenvalue weighted by atomic mass is 10.1. The topological polar surface area (TPSA) is 88.1 Å². The van der Waals surface area contributed by atoms with Gasteiger partial charge in [-0.15, -0.1) is 0 Å². The largest absolute Gasteiger partial charge is 0.385 e. The first kappa shape index (κ1) is 13.9. The van der Waals surface area contributed by atoms with Gasteiger partial charge in [-0.3, -0.25) is 4.79 Å². The molecule has 1 unspecified atom stereocenters. The molecule has 5 heteroatoms. The Labute approximate surface area is 90.6 Å². The van der Waals surface area contributed by atoms with E-state index in [9.17, 15) is 4.79 Å². The van der Waals surface area contributed by atoms with Crippen LogP contribution in [0.5, 0.6) is 0 Å². The summed E-state index contributed by atoms with van der Waals surface area (Å²) in [6, 6.07) is 1.54. The number of nitrogens with two attached hydrogens (primary N) is 1. The smallest absolute Gasteiger partial charge is 0.236 e. The Morgan fingerprint density at radius 2 is 2.33 bits per heavy atom. The average molecular weight is 213 g/mol. The molecule has 0 aromatic rings. The molecule has 0 saturated heterocycles. The van der Waals surface area contributed by atoms with Crippen LogP contribution in [-0.4, -0.2) is 32.2 Å². The van der Waals surface area contributed by atoms with Crippen molar-refractivity contribution in [3.05, 3.63) is 0 Å². The van der Waals surface area contributed by atoms with Gasteiger partial charge in [0.1, 0.15) is 0 Å². The first-order valence-electron chi connectivity index (χ1n) is 5.11. The third-order valence-corrected chi connectivity index (χ3v) is 1.96. The summed E-state index contributed by atoms with van der Waals surface area (Å²) < 4.78 is 4.86. The molecule has 0 rings (SSSR count). The number of methoxy groups -OCH3 is 1. The number of amides is 1. The number of carbonyl (C=O) groups excluding carboxylic acids is 1. The van der Waals surface area contributed by atoms with Crippen LogP contribution in [0.25, 0.3) is 0 Å². The van der Waals surface area contributed by atoms with E-state index >= 15 is 0 Å². The molecule has 0 aliphatic rings. The Morgan fingerprint density at radius 3 is 2.93 bits per heavy atom. The van der Waals surface area contributed by atoms with Crippen LogP contribution in [0.4, 0.5) is 0 Å². The predicted octanol–water partition coefficient (Wildman–Crippen LogP) is 0.160. The minimum Gasteiger partial charge on any atom is -0.385 e. The molecule has 3 N–H and O–H groups in total. The maximum absolute atomic E-state index is 11.3. The number of carbonyl (C=O) groups is 1. The van der Waals surface area contributed by atoms with Crippen molar-refractivity contribution >= 4 is 5.91 Å². The van der Waals surface area contributed by atoms with Crippen LogP contribution < -0.4 is 11.1 Å². The lowest BCUT2D eigenvalue weighted by Gasteiger charge is -2.11. The molecule has 0 aliphatic carbocycles. The Hall–Kier alpha value is -1.12. The van der Waals surface area contributed by atoms with E-state index in [1.54, 1.807) is 7.11 Å². The molecule has 1 amide bonds. The molecule has 0 heterocycles. The number of ether oxygens (including phenoxy) is 1. The maximum Gasteiger partial charge on any atom is 0.236 e. The maximum atomic E-state index is 11.3. The second-order valence-electron chi connectivity index (χ2n) is 3.29. The number of rotatable bonds is 8. The molecular weight excluding hydrogens is 194 g/mol. The summed E-state index contributed by atoms with van der Waals surface area (Å²) in [6.45, 7) is 1.14. The number of nitrogens with one attached hydrogen (secondary N) is 1. The number of hydrogen-bond donors (Lipinski definition) is 2. The van der Waals surface area contributed by atoms with Gasteiger partial charge in [0.05, 0.1) is 12.1 Å². The van der Waals surface area contributed by atoms with E-state index in [0.717, 1.165) is 6.42 Å². The summed E-state index contributed by atoms with van der Waals surface area (Å²) in [5.74, 6) is -0.149. The summed E-state index contributed by atoms with van der Waals surface area (Å²) in [5.41, 5.74) is 5.64. The zero-order chi connectivity index (χ0) is 11.5. The van der Waals surface area contributed by atoms with Crippen molar-refractivity contribution < 1.29 is 9.53 Å². The summed E-state index contributed by atoms with van der Waals surface area (Å²) in [6.07, 6.45) is 2.54. The number of nitriles is 1. The van der Waals surface area contributed by atoms with Crippen molar-refractivity contribution in [3.8, 4) is 6.07 Å². The minimum absolute atomic E-state index is 0.149. The van der Waals surface area contributed by atoms with Crippen molar-refractivity contribution in [2.75, 3.05) is 20.3 Å². The third kappa shape index (κ3) is 7.91. The van der Waals surface area contributed by atoms with Crippen molar-refractivity contribution in [2.24, 2.45) is 5.73 Å². The Morgan fingerprint density at radius 1 is 1.60 bits per heavy atom. The van der Waals surface area contributed by atoms with Gasteiger partial charge in [-0.25, -0.2) is 0 Å². The number of hydrogen-bond acceptors (Lipinski definition) is 4. The van der Waals surface area contributed by atoms with Crippen LogP contribution in [0.1, 0.15) is 25.7 Å². The molecule has 15 heavy (non-hydrogen) atoms. The van der Waals surface area contributed by atoms with E-state index in [1.165, 1.54) is 0 Å². The zero-order valence-electron chi connectivity index (χ0n) is 9.16. The SMILES string of the molecule is COCCCC(N)C(=O)NCCCC#N. The fourth-order valence-electron chi connectivity index (χ4n) is 1.09. The van der Waals surface area contributed by atoms with E-state index < -0.39 is 6.04 Å². The van der Waals surface area contributed by atoms with E-state index in [1.807, 2.05) is 6.07 Å². The Kier molecular flexibility index (Phi) is 8.73. The summed E-state index contributed by atoms with van der Waals surface area (Å²) in [5, 5.41) is 11.0. The first-order chi connectivity index (χ1) is 7.22. The normalized spacial score (nSPS) is 11.8. The van der Waals surface area contributed by atoms with Gasteiger partial charge in [-0.1, -0.05) is 0 Å². The molecule has 0 fully saturated rings. The highest BCUT2D eigenvalue weighted by Gasteiger charge is 2.11. The van der Waals surface area contributed by atoms with Crippen LogP contribution in [0.3, 0.4) is 0 Å². The van der Waals surface area contributed by atoms with Crippen molar-refractivity contribution in [1.82, 2.24) is 5.32 Å². The van der Waals surface area contributed by atoms with Crippen molar-refractivity contribution in [2.45, 2.75) is 31.7 Å². The highest BCUT2D eigenvalue weighted by atomic mass is 16.5. The van der Waals surface area contributed by atoms with Gasteiger partial charge in [0, 0.05) is 26.7 Å². The van der Waals surface area contributed by atoms with Gasteiger partial charge in [0.15, 0.2) is 0 Å². The van der Waals surface area contributed by atoms with Crippen molar-refractivity contribution in [3.63, 3.8) is 0 Å². The zero-order valence-corrected chi connectivity index (χ0v) is 9.16. The first-order valence-corrected chi connectivity index (χ1v) is 5.11. The molecule has 5 nitrogen and oxygen atoms in total. The molecule has 86 valence electrons. The molecule has 0 aliphatic heterocycles. The fraction of sp³-hybridized carbons (Fsp3) is 0.800. The van der Waals surface area contributed by atoms with Gasteiger partial charge in [-0.2, -0.15) is 5.26 Å². The number of unbranched alkanes of at least 4 members (excludes halogenated alkanes) is 1. The molecule has 0 aromatic heterocycles. The van der Waals surface area contributed by atoms with E-state index in [4.69, 9.17) is 15.7 Å². The summed E-state index contributed by atoms with van der Waals surface area (Å²) in [7, 11) is 1.62. The highest BCUT2D eigenvalue weighted by Crippen LogP contribution is 1.95. The van der Waals surface area contributed by atoms with Crippen LogP contribution in [0.15, 0.2) is 0 Å². The summed E-state index contributed by atoms with van der Waals surface area (Å²) in [4.78, 5) is 11.3. The second kappa shape index (κ2) is 9.44. The monoisotopic (exact) mass is 213 g/mol. The lowest BCUT2D eigenvalue weighted by molar-refractivity contribution is -0.122. The van der Waals surface area contributed by atoms with Crippen molar-refractivity contribution in [1.29, 1.82) is 5.26 Å². The number of nitrogens with zero attached hydrogens (tertiary/aromatic N) is 1. The molecule has 0 aromatic carbocycles. The molecule has 0 spiro atoms. The van der Waals surface area contributed by atoms with Gasteiger partial charge in [-0.05, 0) is 19.3 Å². The second-order valence-corrected chi connectivity index (χ2v) is 3.29. The van der Waals surface area contributed by atoms with Gasteiger partial charge < -0.3 is 15.8 Å². The van der Waals surface area contributed by atoms with E-state index in [0.29, 0.717) is 32.4 Å². The molecular formula is C10H19N3O2. The van der Waals surface area contributed by atoms with E-state index in [-0.39, 0.29) is 5.91 Å². The highest BCUT2D eigenvalue weighted by molar-refractivity contribution is 5.81. The Balaban J connectivity index is 3.47. The molecule has 0 bridgehead atoms. The lowest BCUT2D eigenvalue weighted by Crippen LogP contribution is -2.41.